The Labute approximate surface area is 135 Å². The van der Waals surface area contributed by atoms with E-state index in [-0.39, 0.29) is 18.9 Å². The SMILES string of the molecule is COC[C@@]1(CC(N)=O)CCCN1C(=O)Cn1ccc(C2CC2)n1. The molecule has 2 aliphatic rings. The van der Waals surface area contributed by atoms with Gasteiger partial charge in [-0.15, -0.1) is 0 Å². The zero-order valence-electron chi connectivity index (χ0n) is 13.5. The number of rotatable bonds is 7. The van der Waals surface area contributed by atoms with Crippen molar-refractivity contribution in [3.05, 3.63) is 18.0 Å². The summed E-state index contributed by atoms with van der Waals surface area (Å²) in [6.45, 7) is 1.15. The summed E-state index contributed by atoms with van der Waals surface area (Å²) in [5, 5.41) is 4.48. The summed E-state index contributed by atoms with van der Waals surface area (Å²) in [6.07, 6.45) is 5.96. The first-order valence-corrected chi connectivity index (χ1v) is 8.15. The Morgan fingerprint density at radius 1 is 1.48 bits per heavy atom. The number of ether oxygens (including phenoxy) is 1. The quantitative estimate of drug-likeness (QED) is 0.798. The number of hydrogen-bond acceptors (Lipinski definition) is 4. The molecule has 1 saturated heterocycles. The van der Waals surface area contributed by atoms with Crippen LogP contribution in [0.25, 0.3) is 0 Å². The van der Waals surface area contributed by atoms with Gasteiger partial charge in [-0.05, 0) is 31.7 Å². The average molecular weight is 320 g/mol. The van der Waals surface area contributed by atoms with E-state index in [0.29, 0.717) is 19.1 Å². The highest BCUT2D eigenvalue weighted by atomic mass is 16.5. The van der Waals surface area contributed by atoms with Gasteiger partial charge in [-0.2, -0.15) is 5.10 Å². The van der Waals surface area contributed by atoms with E-state index in [4.69, 9.17) is 10.5 Å². The van der Waals surface area contributed by atoms with Crippen molar-refractivity contribution in [2.75, 3.05) is 20.3 Å². The van der Waals surface area contributed by atoms with Crippen LogP contribution in [0.3, 0.4) is 0 Å². The van der Waals surface area contributed by atoms with Gasteiger partial charge < -0.3 is 15.4 Å². The number of hydrogen-bond donors (Lipinski definition) is 1. The molecule has 0 radical (unpaired) electrons. The summed E-state index contributed by atoms with van der Waals surface area (Å²) in [6, 6.07) is 1.99. The number of carbonyl (C=O) groups excluding carboxylic acids is 2. The third kappa shape index (κ3) is 3.39. The Balaban J connectivity index is 1.71. The number of aromatic nitrogens is 2. The first-order chi connectivity index (χ1) is 11.0. The Morgan fingerprint density at radius 2 is 2.26 bits per heavy atom. The van der Waals surface area contributed by atoms with E-state index in [1.54, 1.807) is 16.7 Å². The van der Waals surface area contributed by atoms with Gasteiger partial charge in [0, 0.05) is 25.8 Å². The normalized spacial score (nSPS) is 24.1. The Kier molecular flexibility index (Phi) is 4.39. The zero-order chi connectivity index (χ0) is 16.4. The first kappa shape index (κ1) is 16.0. The van der Waals surface area contributed by atoms with Crippen molar-refractivity contribution in [3.8, 4) is 0 Å². The van der Waals surface area contributed by atoms with Gasteiger partial charge in [-0.1, -0.05) is 0 Å². The number of likely N-dealkylation sites (tertiary alicyclic amines) is 1. The highest BCUT2D eigenvalue weighted by molar-refractivity contribution is 5.80. The number of amides is 2. The van der Waals surface area contributed by atoms with Crippen molar-refractivity contribution in [3.63, 3.8) is 0 Å². The fraction of sp³-hybridized carbons (Fsp3) is 0.688. The van der Waals surface area contributed by atoms with Crippen LogP contribution in [0.1, 0.15) is 43.7 Å². The summed E-state index contributed by atoms with van der Waals surface area (Å²) >= 11 is 0. The molecule has 23 heavy (non-hydrogen) atoms. The minimum atomic E-state index is -0.607. The van der Waals surface area contributed by atoms with Crippen LogP contribution in [0.5, 0.6) is 0 Å². The predicted octanol–water partition coefficient (Wildman–Crippen LogP) is 0.644. The number of primary amides is 1. The maximum absolute atomic E-state index is 12.7. The van der Waals surface area contributed by atoms with Gasteiger partial charge >= 0.3 is 0 Å². The minimum Gasteiger partial charge on any atom is -0.382 e. The Bertz CT molecular complexity index is 596. The lowest BCUT2D eigenvalue weighted by atomic mass is 9.92. The molecular formula is C16H24N4O3. The molecule has 126 valence electrons. The summed E-state index contributed by atoms with van der Waals surface area (Å²) in [5.41, 5.74) is 5.86. The van der Waals surface area contributed by atoms with Gasteiger partial charge in [0.05, 0.1) is 24.3 Å². The standard InChI is InChI=1S/C16H24N4O3/c1-23-11-16(9-14(17)21)6-2-7-20(16)15(22)10-19-8-5-13(18-19)12-3-4-12/h5,8,12H,2-4,6-7,9-11H2,1H3,(H2,17,21)/t16-/m0/s1. The predicted molar refractivity (Wildman–Crippen MR) is 83.6 cm³/mol. The molecule has 1 saturated carbocycles. The monoisotopic (exact) mass is 320 g/mol. The molecule has 1 aromatic rings. The summed E-state index contributed by atoms with van der Waals surface area (Å²) in [5.74, 6) is 0.128. The lowest BCUT2D eigenvalue weighted by molar-refractivity contribution is -0.140. The maximum Gasteiger partial charge on any atom is 0.244 e. The van der Waals surface area contributed by atoms with Crippen LogP contribution in [0.4, 0.5) is 0 Å². The lowest BCUT2D eigenvalue weighted by Crippen LogP contribution is -2.53. The summed E-state index contributed by atoms with van der Waals surface area (Å²) < 4.78 is 6.97. The second-order valence-electron chi connectivity index (χ2n) is 6.66. The van der Waals surface area contributed by atoms with Gasteiger partial charge in [-0.25, -0.2) is 0 Å². The molecule has 1 aliphatic heterocycles. The molecule has 2 amide bonds. The van der Waals surface area contributed by atoms with Crippen molar-refractivity contribution in [2.24, 2.45) is 5.73 Å². The van der Waals surface area contributed by atoms with Crippen molar-refractivity contribution in [1.82, 2.24) is 14.7 Å². The third-order valence-electron chi connectivity index (χ3n) is 4.77. The van der Waals surface area contributed by atoms with Crippen LogP contribution in [-0.4, -0.2) is 52.3 Å². The molecule has 1 aromatic heterocycles. The Hall–Kier alpha value is -1.89. The Morgan fingerprint density at radius 3 is 2.91 bits per heavy atom. The average Bonchev–Trinajstić information content (AvgIpc) is 3.10. The fourth-order valence-electron chi connectivity index (χ4n) is 3.59. The van der Waals surface area contributed by atoms with E-state index in [0.717, 1.165) is 18.5 Å². The molecule has 0 aromatic carbocycles. The molecule has 0 spiro atoms. The second-order valence-corrected chi connectivity index (χ2v) is 6.66. The number of carbonyl (C=O) groups is 2. The molecule has 2 heterocycles. The van der Waals surface area contributed by atoms with Crippen LogP contribution in [-0.2, 0) is 20.9 Å². The molecule has 2 N–H and O–H groups in total. The number of methoxy groups -OCH3 is 1. The molecule has 2 fully saturated rings. The molecule has 3 rings (SSSR count). The number of nitrogens with zero attached hydrogens (tertiary/aromatic N) is 3. The highest BCUT2D eigenvalue weighted by Crippen LogP contribution is 2.39. The molecule has 1 atom stereocenters. The molecule has 1 aliphatic carbocycles. The smallest absolute Gasteiger partial charge is 0.244 e. The van der Waals surface area contributed by atoms with E-state index in [9.17, 15) is 9.59 Å². The molecular weight excluding hydrogens is 296 g/mol. The van der Waals surface area contributed by atoms with Gasteiger partial charge in [0.25, 0.3) is 0 Å². The van der Waals surface area contributed by atoms with Crippen LogP contribution >= 0.6 is 0 Å². The molecule has 7 heteroatoms. The van der Waals surface area contributed by atoms with Gasteiger partial charge in [0.15, 0.2) is 0 Å². The number of nitrogens with two attached hydrogens (primary N) is 1. The lowest BCUT2D eigenvalue weighted by Gasteiger charge is -2.37. The fourth-order valence-corrected chi connectivity index (χ4v) is 3.59. The molecule has 0 unspecified atom stereocenters. The van der Waals surface area contributed by atoms with Crippen molar-refractivity contribution >= 4 is 11.8 Å². The van der Waals surface area contributed by atoms with Crippen LogP contribution in [0.15, 0.2) is 12.3 Å². The first-order valence-electron chi connectivity index (χ1n) is 8.15. The van der Waals surface area contributed by atoms with Gasteiger partial charge in [0.2, 0.25) is 11.8 Å². The van der Waals surface area contributed by atoms with Crippen LogP contribution in [0.2, 0.25) is 0 Å². The molecule has 0 bridgehead atoms. The van der Waals surface area contributed by atoms with Crippen molar-refractivity contribution in [2.45, 2.75) is 50.1 Å². The van der Waals surface area contributed by atoms with E-state index in [2.05, 4.69) is 5.10 Å². The van der Waals surface area contributed by atoms with E-state index in [1.165, 1.54) is 12.8 Å². The van der Waals surface area contributed by atoms with Crippen molar-refractivity contribution < 1.29 is 14.3 Å². The zero-order valence-corrected chi connectivity index (χ0v) is 13.5. The van der Waals surface area contributed by atoms with E-state index >= 15 is 0 Å². The second kappa shape index (κ2) is 6.31. The highest BCUT2D eigenvalue weighted by Gasteiger charge is 2.44. The topological polar surface area (TPSA) is 90.5 Å². The molecule has 7 nitrogen and oxygen atoms in total. The van der Waals surface area contributed by atoms with Crippen LogP contribution in [0, 0.1) is 0 Å². The van der Waals surface area contributed by atoms with Gasteiger partial charge in [-0.3, -0.25) is 14.3 Å². The van der Waals surface area contributed by atoms with Crippen LogP contribution < -0.4 is 5.73 Å². The van der Waals surface area contributed by atoms with Crippen molar-refractivity contribution in [1.29, 1.82) is 0 Å². The van der Waals surface area contributed by atoms with Gasteiger partial charge in [0.1, 0.15) is 6.54 Å². The maximum atomic E-state index is 12.7. The van der Waals surface area contributed by atoms with E-state index in [1.807, 2.05) is 12.3 Å². The largest absolute Gasteiger partial charge is 0.382 e. The summed E-state index contributed by atoms with van der Waals surface area (Å²) in [7, 11) is 1.58. The minimum absolute atomic E-state index is 0.0359. The summed E-state index contributed by atoms with van der Waals surface area (Å²) in [4.78, 5) is 26.0. The third-order valence-corrected chi connectivity index (χ3v) is 4.77. The van der Waals surface area contributed by atoms with E-state index < -0.39 is 11.4 Å².